The molecule has 1 saturated heterocycles. The van der Waals surface area contributed by atoms with Crippen LogP contribution in [-0.4, -0.2) is 46.1 Å². The zero-order valence-electron chi connectivity index (χ0n) is 11.6. The van der Waals surface area contributed by atoms with Gasteiger partial charge in [0.15, 0.2) is 0 Å². The molecule has 0 spiro atoms. The summed E-state index contributed by atoms with van der Waals surface area (Å²) >= 11 is 1.30. The minimum atomic E-state index is -0.574. The Kier molecular flexibility index (Phi) is 4.17. The lowest BCUT2D eigenvalue weighted by atomic mass is 10.1. The Labute approximate surface area is 127 Å². The molecule has 0 saturated carbocycles. The normalized spacial score (nSPS) is 24.2. The van der Waals surface area contributed by atoms with Crippen LogP contribution in [-0.2, 0) is 11.2 Å². The highest BCUT2D eigenvalue weighted by atomic mass is 32.2. The average Bonchev–Trinajstić information content (AvgIpc) is 3.01. The fourth-order valence-electron chi connectivity index (χ4n) is 2.86. The number of carbonyl (C=O) groups excluding carboxylic acids is 2. The van der Waals surface area contributed by atoms with E-state index in [0.29, 0.717) is 19.5 Å². The molecular formula is C15H18N2O3S. The van der Waals surface area contributed by atoms with Gasteiger partial charge in [-0.15, -0.1) is 0 Å². The molecular weight excluding hydrogens is 288 g/mol. The first kappa shape index (κ1) is 14.4. The number of nitrogens with zero attached hydrogens (tertiary/aromatic N) is 1. The predicted octanol–water partition coefficient (Wildman–Crippen LogP) is 1.32. The zero-order chi connectivity index (χ0) is 14.8. The van der Waals surface area contributed by atoms with Crippen molar-refractivity contribution in [2.45, 2.75) is 25.0 Å². The van der Waals surface area contributed by atoms with E-state index in [-0.39, 0.29) is 23.6 Å². The van der Waals surface area contributed by atoms with E-state index in [2.05, 4.69) is 5.32 Å². The van der Waals surface area contributed by atoms with Gasteiger partial charge in [-0.05, 0) is 11.1 Å². The number of aliphatic hydroxyl groups excluding tert-OH is 1. The maximum atomic E-state index is 12.1. The quantitative estimate of drug-likeness (QED) is 0.880. The molecule has 5 nitrogen and oxygen atoms in total. The van der Waals surface area contributed by atoms with Gasteiger partial charge in [-0.25, -0.2) is 0 Å². The number of rotatable bonds is 4. The summed E-state index contributed by atoms with van der Waals surface area (Å²) in [5.74, 6) is 0.676. The van der Waals surface area contributed by atoms with Crippen LogP contribution < -0.4 is 5.32 Å². The van der Waals surface area contributed by atoms with Crippen molar-refractivity contribution < 1.29 is 14.7 Å². The van der Waals surface area contributed by atoms with Crippen LogP contribution in [0.3, 0.4) is 0 Å². The van der Waals surface area contributed by atoms with E-state index in [0.717, 1.165) is 16.9 Å². The Hall–Kier alpha value is -1.53. The van der Waals surface area contributed by atoms with E-state index in [1.165, 1.54) is 11.8 Å². The maximum absolute atomic E-state index is 12.1. The van der Waals surface area contributed by atoms with Gasteiger partial charge in [-0.3, -0.25) is 9.59 Å². The van der Waals surface area contributed by atoms with Crippen molar-refractivity contribution in [2.24, 2.45) is 0 Å². The molecule has 0 aromatic heterocycles. The highest BCUT2D eigenvalue weighted by Gasteiger charge is 2.32. The molecule has 6 heteroatoms. The summed E-state index contributed by atoms with van der Waals surface area (Å²) in [7, 11) is 0. The van der Waals surface area contributed by atoms with Crippen LogP contribution in [0.1, 0.15) is 23.6 Å². The summed E-state index contributed by atoms with van der Waals surface area (Å²) in [5.41, 5.74) is 2.08. The Morgan fingerprint density at radius 1 is 1.43 bits per heavy atom. The SMILES string of the molecule is O=C(CCN1CCSC1=O)N[C@H]1c2ccccc2C[C@H]1O. The molecule has 1 fully saturated rings. The number of benzene rings is 1. The van der Waals surface area contributed by atoms with E-state index in [4.69, 9.17) is 0 Å². The van der Waals surface area contributed by atoms with Crippen molar-refractivity contribution in [1.82, 2.24) is 10.2 Å². The maximum Gasteiger partial charge on any atom is 0.281 e. The molecule has 2 atom stereocenters. The Bertz CT molecular complexity index is 564. The second kappa shape index (κ2) is 6.07. The largest absolute Gasteiger partial charge is 0.390 e. The van der Waals surface area contributed by atoms with E-state index in [1.807, 2.05) is 24.3 Å². The average molecular weight is 306 g/mol. The van der Waals surface area contributed by atoms with Crippen molar-refractivity contribution in [2.75, 3.05) is 18.8 Å². The van der Waals surface area contributed by atoms with Gasteiger partial charge in [0, 0.05) is 31.7 Å². The lowest BCUT2D eigenvalue weighted by molar-refractivity contribution is -0.122. The highest BCUT2D eigenvalue weighted by Crippen LogP contribution is 2.31. The van der Waals surface area contributed by atoms with Crippen molar-refractivity contribution in [1.29, 1.82) is 0 Å². The van der Waals surface area contributed by atoms with Crippen molar-refractivity contribution in [3.8, 4) is 0 Å². The van der Waals surface area contributed by atoms with Gasteiger partial charge in [0.05, 0.1) is 12.1 Å². The number of aliphatic hydroxyl groups is 1. The Morgan fingerprint density at radius 3 is 3.00 bits per heavy atom. The molecule has 2 aliphatic rings. The second-order valence-electron chi connectivity index (χ2n) is 5.37. The summed E-state index contributed by atoms with van der Waals surface area (Å²) in [6.07, 6.45) is 0.274. The first-order valence-corrected chi connectivity index (χ1v) is 8.10. The molecule has 0 unspecified atom stereocenters. The minimum Gasteiger partial charge on any atom is -0.390 e. The van der Waals surface area contributed by atoms with E-state index < -0.39 is 6.10 Å². The first-order chi connectivity index (χ1) is 10.1. The molecule has 0 bridgehead atoms. The van der Waals surface area contributed by atoms with Crippen LogP contribution in [0.5, 0.6) is 0 Å². The number of carbonyl (C=O) groups is 2. The molecule has 1 aromatic carbocycles. The number of hydrogen-bond acceptors (Lipinski definition) is 4. The minimum absolute atomic E-state index is 0.0500. The van der Waals surface area contributed by atoms with Gasteiger partial charge >= 0.3 is 0 Å². The molecule has 1 aliphatic carbocycles. The number of thioether (sulfide) groups is 1. The molecule has 2 amide bonds. The van der Waals surface area contributed by atoms with Crippen LogP contribution in [0, 0.1) is 0 Å². The summed E-state index contributed by atoms with van der Waals surface area (Å²) in [6.45, 7) is 1.16. The lowest BCUT2D eigenvalue weighted by Gasteiger charge is -2.19. The van der Waals surface area contributed by atoms with Crippen molar-refractivity contribution in [3.05, 3.63) is 35.4 Å². The number of fused-ring (bicyclic) bond motifs is 1. The first-order valence-electron chi connectivity index (χ1n) is 7.12. The molecule has 21 heavy (non-hydrogen) atoms. The third-order valence-electron chi connectivity index (χ3n) is 3.97. The molecule has 1 aromatic rings. The van der Waals surface area contributed by atoms with Crippen LogP contribution in [0.15, 0.2) is 24.3 Å². The van der Waals surface area contributed by atoms with Gasteiger partial charge in [0.25, 0.3) is 5.24 Å². The van der Waals surface area contributed by atoms with Gasteiger partial charge < -0.3 is 15.3 Å². The molecule has 1 heterocycles. The van der Waals surface area contributed by atoms with E-state index in [9.17, 15) is 14.7 Å². The predicted molar refractivity (Wildman–Crippen MR) is 81.1 cm³/mol. The standard InChI is InChI=1S/C15H18N2O3S/c18-12-9-10-3-1-2-4-11(10)14(12)16-13(19)5-6-17-7-8-21-15(17)20/h1-4,12,14,18H,5-9H2,(H,16,19)/t12-,14+/m1/s1. The van der Waals surface area contributed by atoms with Crippen LogP contribution in [0.2, 0.25) is 0 Å². The zero-order valence-corrected chi connectivity index (χ0v) is 12.4. The van der Waals surface area contributed by atoms with Crippen LogP contribution in [0.4, 0.5) is 4.79 Å². The molecule has 2 N–H and O–H groups in total. The number of hydrogen-bond donors (Lipinski definition) is 2. The van der Waals surface area contributed by atoms with Gasteiger partial charge in [-0.1, -0.05) is 36.0 Å². The summed E-state index contributed by atoms with van der Waals surface area (Å²) in [5, 5.41) is 13.0. The Balaban J connectivity index is 1.56. The van der Waals surface area contributed by atoms with Gasteiger partial charge in [0.1, 0.15) is 0 Å². The highest BCUT2D eigenvalue weighted by molar-refractivity contribution is 8.13. The summed E-state index contributed by atoms with van der Waals surface area (Å²) < 4.78 is 0. The van der Waals surface area contributed by atoms with Gasteiger partial charge in [-0.2, -0.15) is 0 Å². The number of amides is 2. The topological polar surface area (TPSA) is 69.6 Å². The van der Waals surface area contributed by atoms with Crippen molar-refractivity contribution >= 4 is 22.9 Å². The monoisotopic (exact) mass is 306 g/mol. The molecule has 0 radical (unpaired) electrons. The van der Waals surface area contributed by atoms with Crippen LogP contribution >= 0.6 is 11.8 Å². The van der Waals surface area contributed by atoms with E-state index in [1.54, 1.807) is 4.90 Å². The lowest BCUT2D eigenvalue weighted by Crippen LogP contribution is -2.36. The van der Waals surface area contributed by atoms with Crippen molar-refractivity contribution in [3.63, 3.8) is 0 Å². The summed E-state index contributed by atoms with van der Waals surface area (Å²) in [6, 6.07) is 7.43. The molecule has 3 rings (SSSR count). The number of nitrogens with one attached hydrogen (secondary N) is 1. The Morgan fingerprint density at radius 2 is 2.24 bits per heavy atom. The smallest absolute Gasteiger partial charge is 0.281 e. The third kappa shape index (κ3) is 3.06. The molecule has 112 valence electrons. The van der Waals surface area contributed by atoms with E-state index >= 15 is 0 Å². The molecule has 1 aliphatic heterocycles. The summed E-state index contributed by atoms with van der Waals surface area (Å²) in [4.78, 5) is 25.2. The fraction of sp³-hybridized carbons (Fsp3) is 0.467. The fourth-order valence-corrected chi connectivity index (χ4v) is 3.71. The van der Waals surface area contributed by atoms with Crippen LogP contribution in [0.25, 0.3) is 0 Å². The van der Waals surface area contributed by atoms with Gasteiger partial charge in [0.2, 0.25) is 5.91 Å². The second-order valence-corrected chi connectivity index (χ2v) is 6.41. The third-order valence-corrected chi connectivity index (χ3v) is 4.87.